The highest BCUT2D eigenvalue weighted by Gasteiger charge is 2.13. The molecule has 0 aliphatic rings. The van der Waals surface area contributed by atoms with Crippen molar-refractivity contribution in [1.29, 1.82) is 0 Å². The number of anilines is 4. The molecule has 0 aromatic heterocycles. The lowest BCUT2D eigenvalue weighted by molar-refractivity contribution is 0.789. The van der Waals surface area contributed by atoms with Crippen LogP contribution in [0.15, 0.2) is 72.8 Å². The first-order valence-corrected chi connectivity index (χ1v) is 11.1. The molecule has 3 nitrogen and oxygen atoms in total. The molecule has 0 saturated heterocycles. The van der Waals surface area contributed by atoms with Crippen molar-refractivity contribution in [1.82, 2.24) is 0 Å². The van der Waals surface area contributed by atoms with E-state index in [0.29, 0.717) is 11.2 Å². The lowest BCUT2D eigenvalue weighted by Crippen LogP contribution is -2.25. The SMILES string of the molecule is CCc1cccc(CC)c1NC(=S)Nc1ccc(N(c2ccccc2)C(C)C)cc1. The van der Waals surface area contributed by atoms with Crippen LogP contribution in [-0.2, 0) is 12.8 Å². The Morgan fingerprint density at radius 1 is 0.767 bits per heavy atom. The molecule has 0 fully saturated rings. The number of hydrogen-bond donors (Lipinski definition) is 2. The van der Waals surface area contributed by atoms with Crippen molar-refractivity contribution in [3.8, 4) is 0 Å². The fourth-order valence-corrected chi connectivity index (χ4v) is 3.94. The van der Waals surface area contributed by atoms with Gasteiger partial charge in [0.1, 0.15) is 0 Å². The topological polar surface area (TPSA) is 27.3 Å². The molecule has 30 heavy (non-hydrogen) atoms. The Morgan fingerprint density at radius 2 is 1.33 bits per heavy atom. The Morgan fingerprint density at radius 3 is 1.87 bits per heavy atom. The Bertz CT molecular complexity index is 943. The van der Waals surface area contributed by atoms with Crippen LogP contribution in [0.4, 0.5) is 22.7 Å². The van der Waals surface area contributed by atoms with Crippen molar-refractivity contribution < 1.29 is 0 Å². The summed E-state index contributed by atoms with van der Waals surface area (Å²) >= 11 is 5.60. The molecule has 3 aromatic rings. The molecule has 0 aliphatic carbocycles. The van der Waals surface area contributed by atoms with Crippen molar-refractivity contribution >= 4 is 40.1 Å². The predicted molar refractivity (Wildman–Crippen MR) is 135 cm³/mol. The van der Waals surface area contributed by atoms with Gasteiger partial charge in [-0.1, -0.05) is 50.2 Å². The molecule has 0 saturated carbocycles. The van der Waals surface area contributed by atoms with Gasteiger partial charge in [0.05, 0.1) is 0 Å². The van der Waals surface area contributed by atoms with Crippen LogP contribution in [0.25, 0.3) is 0 Å². The Balaban J connectivity index is 1.74. The number of nitrogens with zero attached hydrogens (tertiary/aromatic N) is 1. The average molecular weight is 418 g/mol. The number of hydrogen-bond acceptors (Lipinski definition) is 2. The van der Waals surface area contributed by atoms with Gasteiger partial charge in [0, 0.05) is 28.8 Å². The number of rotatable bonds is 7. The molecule has 0 heterocycles. The zero-order chi connectivity index (χ0) is 21.5. The smallest absolute Gasteiger partial charge is 0.175 e. The van der Waals surface area contributed by atoms with Crippen LogP contribution in [0.1, 0.15) is 38.8 Å². The fraction of sp³-hybridized carbons (Fsp3) is 0.269. The second kappa shape index (κ2) is 10.3. The lowest BCUT2D eigenvalue weighted by atomic mass is 10.0. The van der Waals surface area contributed by atoms with Crippen LogP contribution in [0.5, 0.6) is 0 Å². The molecule has 0 atom stereocenters. The van der Waals surface area contributed by atoms with Gasteiger partial charge in [-0.2, -0.15) is 0 Å². The van der Waals surface area contributed by atoms with E-state index in [1.54, 1.807) is 0 Å². The molecular weight excluding hydrogens is 386 g/mol. The monoisotopic (exact) mass is 417 g/mol. The van der Waals surface area contributed by atoms with E-state index in [4.69, 9.17) is 12.2 Å². The molecule has 3 rings (SSSR count). The summed E-state index contributed by atoms with van der Waals surface area (Å²) in [6.07, 6.45) is 1.94. The zero-order valence-corrected chi connectivity index (χ0v) is 19.1. The fourth-order valence-electron chi connectivity index (χ4n) is 3.72. The molecule has 0 radical (unpaired) electrons. The van der Waals surface area contributed by atoms with Gasteiger partial charge in [0.25, 0.3) is 0 Å². The number of nitrogens with one attached hydrogen (secondary N) is 2. The van der Waals surface area contributed by atoms with Gasteiger partial charge in [-0.15, -0.1) is 0 Å². The van der Waals surface area contributed by atoms with E-state index < -0.39 is 0 Å². The van der Waals surface area contributed by atoms with Crippen LogP contribution in [0.3, 0.4) is 0 Å². The summed E-state index contributed by atoms with van der Waals surface area (Å²) in [6.45, 7) is 8.74. The van der Waals surface area contributed by atoms with E-state index >= 15 is 0 Å². The molecule has 0 aliphatic heterocycles. The van der Waals surface area contributed by atoms with Crippen molar-refractivity contribution in [2.75, 3.05) is 15.5 Å². The van der Waals surface area contributed by atoms with Crippen molar-refractivity contribution in [3.05, 3.63) is 83.9 Å². The van der Waals surface area contributed by atoms with Gasteiger partial charge < -0.3 is 15.5 Å². The third-order valence-electron chi connectivity index (χ3n) is 5.19. The van der Waals surface area contributed by atoms with Crippen molar-refractivity contribution in [2.24, 2.45) is 0 Å². The van der Waals surface area contributed by atoms with E-state index in [0.717, 1.165) is 29.9 Å². The molecule has 2 N–H and O–H groups in total. The lowest BCUT2D eigenvalue weighted by Gasteiger charge is -2.29. The van der Waals surface area contributed by atoms with Gasteiger partial charge in [-0.3, -0.25) is 0 Å². The Kier molecular flexibility index (Phi) is 7.47. The molecule has 0 bridgehead atoms. The Hall–Kier alpha value is -2.85. The maximum atomic E-state index is 5.60. The quantitative estimate of drug-likeness (QED) is 0.399. The second-order valence-corrected chi connectivity index (χ2v) is 7.99. The summed E-state index contributed by atoms with van der Waals surface area (Å²) in [5.74, 6) is 0. The average Bonchev–Trinajstić information content (AvgIpc) is 2.75. The van der Waals surface area contributed by atoms with E-state index in [-0.39, 0.29) is 0 Å². The molecule has 4 heteroatoms. The highest BCUT2D eigenvalue weighted by atomic mass is 32.1. The minimum atomic E-state index is 0.354. The summed E-state index contributed by atoms with van der Waals surface area (Å²) < 4.78 is 0. The van der Waals surface area contributed by atoms with Gasteiger partial charge in [0.15, 0.2) is 5.11 Å². The first kappa shape index (κ1) is 21.8. The molecule has 3 aromatic carbocycles. The van der Waals surface area contributed by atoms with Gasteiger partial charge >= 0.3 is 0 Å². The van der Waals surface area contributed by atoms with Gasteiger partial charge in [-0.25, -0.2) is 0 Å². The summed E-state index contributed by atoms with van der Waals surface area (Å²) in [6, 6.07) is 25.7. The number of thiocarbonyl (C=S) groups is 1. The molecule has 0 amide bonds. The summed E-state index contributed by atoms with van der Waals surface area (Å²) in [5.41, 5.74) is 7.01. The normalized spacial score (nSPS) is 10.7. The summed E-state index contributed by atoms with van der Waals surface area (Å²) in [4.78, 5) is 2.32. The van der Waals surface area contributed by atoms with E-state index in [2.05, 4.69) is 110 Å². The minimum Gasteiger partial charge on any atom is -0.339 e. The van der Waals surface area contributed by atoms with Crippen LogP contribution < -0.4 is 15.5 Å². The van der Waals surface area contributed by atoms with Crippen LogP contribution in [0, 0.1) is 0 Å². The molecule has 0 spiro atoms. The second-order valence-electron chi connectivity index (χ2n) is 7.58. The van der Waals surface area contributed by atoms with Gasteiger partial charge in [0.2, 0.25) is 0 Å². The molecular formula is C26H31N3S. The highest BCUT2D eigenvalue weighted by molar-refractivity contribution is 7.80. The Labute approximate surface area is 186 Å². The summed E-state index contributed by atoms with van der Waals surface area (Å²) in [5, 5.41) is 7.36. The largest absolute Gasteiger partial charge is 0.339 e. The van der Waals surface area contributed by atoms with E-state index in [1.807, 2.05) is 6.07 Å². The maximum absolute atomic E-state index is 5.60. The predicted octanol–water partition coefficient (Wildman–Crippen LogP) is 7.17. The minimum absolute atomic E-state index is 0.354. The van der Waals surface area contributed by atoms with E-state index in [1.165, 1.54) is 16.8 Å². The third kappa shape index (κ3) is 5.19. The van der Waals surface area contributed by atoms with E-state index in [9.17, 15) is 0 Å². The number of para-hydroxylation sites is 2. The zero-order valence-electron chi connectivity index (χ0n) is 18.3. The molecule has 156 valence electrons. The van der Waals surface area contributed by atoms with Crippen molar-refractivity contribution in [3.63, 3.8) is 0 Å². The van der Waals surface area contributed by atoms with Gasteiger partial charge in [-0.05, 0) is 86.4 Å². The third-order valence-corrected chi connectivity index (χ3v) is 5.40. The first-order valence-electron chi connectivity index (χ1n) is 10.7. The van der Waals surface area contributed by atoms with Crippen LogP contribution in [-0.4, -0.2) is 11.2 Å². The standard InChI is InChI=1S/C26H31N3S/c1-5-20-11-10-12-21(6-2)25(20)28-26(30)27-22-15-17-24(18-16-22)29(19(3)4)23-13-8-7-9-14-23/h7-19H,5-6H2,1-4H3,(H2,27,28,30). The highest BCUT2D eigenvalue weighted by Crippen LogP contribution is 2.29. The molecule has 0 unspecified atom stereocenters. The van der Waals surface area contributed by atoms with Crippen molar-refractivity contribution in [2.45, 2.75) is 46.6 Å². The van der Waals surface area contributed by atoms with Crippen LogP contribution in [0.2, 0.25) is 0 Å². The van der Waals surface area contributed by atoms with Crippen LogP contribution >= 0.6 is 12.2 Å². The first-order chi connectivity index (χ1) is 14.5. The number of aryl methyl sites for hydroxylation is 2. The number of benzene rings is 3. The maximum Gasteiger partial charge on any atom is 0.175 e. The summed E-state index contributed by atoms with van der Waals surface area (Å²) in [7, 11) is 0.